The summed E-state index contributed by atoms with van der Waals surface area (Å²) in [7, 11) is 0. The Morgan fingerprint density at radius 2 is 1.83 bits per heavy atom. The van der Waals surface area contributed by atoms with E-state index < -0.39 is 0 Å². The number of hydrogen-bond donors (Lipinski definition) is 1. The lowest BCUT2D eigenvalue weighted by molar-refractivity contribution is 0.0946. The largest absolute Gasteiger partial charge is 0.351 e. The summed E-state index contributed by atoms with van der Waals surface area (Å²) in [6.45, 7) is 3.92. The van der Waals surface area contributed by atoms with Crippen molar-refractivity contribution in [1.82, 2.24) is 15.2 Å². The van der Waals surface area contributed by atoms with Gasteiger partial charge in [-0.25, -0.2) is 0 Å². The van der Waals surface area contributed by atoms with Gasteiger partial charge < -0.3 is 10.2 Å². The van der Waals surface area contributed by atoms with Crippen molar-refractivity contribution in [1.29, 1.82) is 0 Å². The molecule has 120 valence electrons. The molecule has 1 amide bonds. The average Bonchev–Trinajstić information content (AvgIpc) is 2.63. The third-order valence-corrected chi connectivity index (χ3v) is 4.27. The molecule has 0 radical (unpaired) electrons. The van der Waals surface area contributed by atoms with Gasteiger partial charge in [0.2, 0.25) is 0 Å². The minimum Gasteiger partial charge on any atom is -0.351 e. The Morgan fingerprint density at radius 1 is 1.04 bits per heavy atom. The van der Waals surface area contributed by atoms with Crippen molar-refractivity contribution >= 4 is 5.91 Å². The molecule has 1 N–H and O–H groups in total. The molecule has 23 heavy (non-hydrogen) atoms. The van der Waals surface area contributed by atoms with Crippen LogP contribution in [0.15, 0.2) is 48.8 Å². The molecule has 1 aliphatic rings. The van der Waals surface area contributed by atoms with Gasteiger partial charge in [-0.05, 0) is 37.6 Å². The highest BCUT2D eigenvalue weighted by atomic mass is 16.1. The smallest absolute Gasteiger partial charge is 0.252 e. The zero-order chi connectivity index (χ0) is 15.9. The summed E-state index contributed by atoms with van der Waals surface area (Å²) in [6.07, 6.45) is 7.30. The third-order valence-electron chi connectivity index (χ3n) is 4.27. The number of carbonyl (C=O) groups is 1. The Bertz CT molecular complexity index is 636. The summed E-state index contributed by atoms with van der Waals surface area (Å²) in [6, 6.07) is 11.9. The van der Waals surface area contributed by atoms with Gasteiger partial charge in [0.1, 0.15) is 0 Å². The number of likely N-dealkylation sites (tertiary alicyclic amines) is 1. The van der Waals surface area contributed by atoms with Crippen molar-refractivity contribution in [3.63, 3.8) is 0 Å². The fraction of sp³-hybridized carbons (Fsp3) is 0.368. The lowest BCUT2D eigenvalue weighted by Gasteiger charge is -2.26. The molecule has 2 heterocycles. The van der Waals surface area contributed by atoms with Crippen LogP contribution in [0.5, 0.6) is 0 Å². The second-order valence-corrected chi connectivity index (χ2v) is 5.99. The highest BCUT2D eigenvalue weighted by Gasteiger charge is 2.11. The van der Waals surface area contributed by atoms with Crippen LogP contribution >= 0.6 is 0 Å². The first kappa shape index (κ1) is 15.7. The zero-order valence-electron chi connectivity index (χ0n) is 13.4. The fourth-order valence-corrected chi connectivity index (χ4v) is 2.97. The van der Waals surface area contributed by atoms with Gasteiger partial charge in [0.25, 0.3) is 5.91 Å². The molecule has 3 rings (SSSR count). The van der Waals surface area contributed by atoms with E-state index >= 15 is 0 Å². The number of nitrogens with zero attached hydrogens (tertiary/aromatic N) is 2. The Labute approximate surface area is 137 Å². The number of aromatic nitrogens is 1. The van der Waals surface area contributed by atoms with Crippen LogP contribution in [0.3, 0.4) is 0 Å². The highest BCUT2D eigenvalue weighted by Crippen LogP contribution is 2.18. The van der Waals surface area contributed by atoms with Crippen LogP contribution in [0.1, 0.15) is 29.6 Å². The standard InChI is InChI=1S/C19H23N3O/c23-19(21-9-12-22-10-5-2-6-11-22)18-13-17(14-20-15-18)16-7-3-1-4-8-16/h1,3-4,7-8,13-15H,2,5-6,9-12H2,(H,21,23). The number of benzene rings is 1. The van der Waals surface area contributed by atoms with E-state index in [1.54, 1.807) is 12.4 Å². The van der Waals surface area contributed by atoms with E-state index in [1.165, 1.54) is 19.3 Å². The van der Waals surface area contributed by atoms with Crippen molar-refractivity contribution in [2.45, 2.75) is 19.3 Å². The minimum atomic E-state index is -0.0488. The molecule has 1 aromatic heterocycles. The summed E-state index contributed by atoms with van der Waals surface area (Å²) in [5, 5.41) is 3.00. The maximum absolute atomic E-state index is 12.3. The number of pyridine rings is 1. The van der Waals surface area contributed by atoms with Gasteiger partial charge in [-0.3, -0.25) is 9.78 Å². The summed E-state index contributed by atoms with van der Waals surface area (Å²) in [5.41, 5.74) is 2.65. The lowest BCUT2D eigenvalue weighted by atomic mass is 10.1. The number of carbonyl (C=O) groups excluding carboxylic acids is 1. The number of rotatable bonds is 5. The summed E-state index contributed by atoms with van der Waals surface area (Å²) in [5.74, 6) is -0.0488. The molecule has 0 atom stereocenters. The van der Waals surface area contributed by atoms with Crippen LogP contribution in [-0.2, 0) is 0 Å². The molecule has 0 aliphatic carbocycles. The lowest BCUT2D eigenvalue weighted by Crippen LogP contribution is -2.37. The van der Waals surface area contributed by atoms with E-state index in [9.17, 15) is 4.79 Å². The number of hydrogen-bond acceptors (Lipinski definition) is 3. The van der Waals surface area contributed by atoms with Crippen LogP contribution in [0.4, 0.5) is 0 Å². The average molecular weight is 309 g/mol. The molecule has 2 aromatic rings. The third kappa shape index (κ3) is 4.39. The highest BCUT2D eigenvalue weighted by molar-refractivity contribution is 5.95. The summed E-state index contributed by atoms with van der Waals surface area (Å²) in [4.78, 5) is 18.9. The summed E-state index contributed by atoms with van der Waals surface area (Å²) >= 11 is 0. The fourth-order valence-electron chi connectivity index (χ4n) is 2.97. The Hall–Kier alpha value is -2.20. The van der Waals surface area contributed by atoms with Crippen LogP contribution < -0.4 is 5.32 Å². The molecule has 0 spiro atoms. The van der Waals surface area contributed by atoms with Crippen molar-refractivity contribution in [3.8, 4) is 11.1 Å². The van der Waals surface area contributed by atoms with Crippen molar-refractivity contribution in [2.75, 3.05) is 26.2 Å². The molecule has 1 saturated heterocycles. The SMILES string of the molecule is O=C(NCCN1CCCCC1)c1cncc(-c2ccccc2)c1. The maximum atomic E-state index is 12.3. The summed E-state index contributed by atoms with van der Waals surface area (Å²) < 4.78 is 0. The normalized spacial score (nSPS) is 15.3. The Kier molecular flexibility index (Phi) is 5.37. The first-order chi connectivity index (χ1) is 11.3. The number of amides is 1. The van der Waals surface area contributed by atoms with E-state index in [-0.39, 0.29) is 5.91 Å². The van der Waals surface area contributed by atoms with Gasteiger partial charge in [-0.1, -0.05) is 36.8 Å². The monoisotopic (exact) mass is 309 g/mol. The van der Waals surface area contributed by atoms with E-state index in [1.807, 2.05) is 36.4 Å². The molecular formula is C19H23N3O. The maximum Gasteiger partial charge on any atom is 0.252 e. The van der Waals surface area contributed by atoms with Crippen molar-refractivity contribution < 1.29 is 4.79 Å². The van der Waals surface area contributed by atoms with Gasteiger partial charge in [-0.2, -0.15) is 0 Å². The molecular weight excluding hydrogens is 286 g/mol. The van der Waals surface area contributed by atoms with E-state index in [0.717, 1.165) is 30.8 Å². The topological polar surface area (TPSA) is 45.2 Å². The van der Waals surface area contributed by atoms with Crippen molar-refractivity contribution in [2.24, 2.45) is 0 Å². The van der Waals surface area contributed by atoms with Gasteiger partial charge in [0, 0.05) is 31.0 Å². The molecule has 0 saturated carbocycles. The van der Waals surface area contributed by atoms with E-state index in [2.05, 4.69) is 15.2 Å². The predicted octanol–water partition coefficient (Wildman–Crippen LogP) is 2.96. The van der Waals surface area contributed by atoms with Gasteiger partial charge in [-0.15, -0.1) is 0 Å². The van der Waals surface area contributed by atoms with E-state index in [4.69, 9.17) is 0 Å². The molecule has 1 fully saturated rings. The Balaban J connectivity index is 1.57. The molecule has 0 bridgehead atoms. The van der Waals surface area contributed by atoms with Crippen LogP contribution in [0, 0.1) is 0 Å². The van der Waals surface area contributed by atoms with Gasteiger partial charge in [0.05, 0.1) is 5.56 Å². The molecule has 1 aliphatic heterocycles. The van der Waals surface area contributed by atoms with Gasteiger partial charge >= 0.3 is 0 Å². The quantitative estimate of drug-likeness (QED) is 0.923. The second-order valence-electron chi connectivity index (χ2n) is 5.99. The van der Waals surface area contributed by atoms with Crippen LogP contribution in [0.25, 0.3) is 11.1 Å². The van der Waals surface area contributed by atoms with Crippen molar-refractivity contribution in [3.05, 3.63) is 54.4 Å². The second kappa shape index (κ2) is 7.88. The number of nitrogens with one attached hydrogen (secondary N) is 1. The Morgan fingerprint density at radius 3 is 2.61 bits per heavy atom. The van der Waals surface area contributed by atoms with E-state index in [0.29, 0.717) is 12.1 Å². The molecule has 4 heteroatoms. The number of piperidine rings is 1. The minimum absolute atomic E-state index is 0.0488. The van der Waals surface area contributed by atoms with Crippen LogP contribution in [-0.4, -0.2) is 42.0 Å². The van der Waals surface area contributed by atoms with Crippen LogP contribution in [0.2, 0.25) is 0 Å². The first-order valence-electron chi connectivity index (χ1n) is 8.34. The predicted molar refractivity (Wildman–Crippen MR) is 92.3 cm³/mol. The first-order valence-corrected chi connectivity index (χ1v) is 8.34. The molecule has 1 aromatic carbocycles. The molecule has 0 unspecified atom stereocenters. The zero-order valence-corrected chi connectivity index (χ0v) is 13.4. The molecule has 4 nitrogen and oxygen atoms in total. The van der Waals surface area contributed by atoms with Gasteiger partial charge in [0.15, 0.2) is 0 Å².